The molecular weight excluding hydrogens is 201 g/mol. The predicted octanol–water partition coefficient (Wildman–Crippen LogP) is 3.52. The van der Waals surface area contributed by atoms with Crippen LogP contribution in [0.3, 0.4) is 0 Å². The summed E-state index contributed by atoms with van der Waals surface area (Å²) in [7, 11) is 0. The number of halogens is 1. The van der Waals surface area contributed by atoms with Crippen LogP contribution in [0.5, 0.6) is 0 Å². The predicted molar refractivity (Wildman–Crippen MR) is 64.7 cm³/mol. The van der Waals surface area contributed by atoms with Gasteiger partial charge in [-0.2, -0.15) is 0 Å². The van der Waals surface area contributed by atoms with E-state index in [-0.39, 0.29) is 5.82 Å². The third kappa shape index (κ3) is 2.62. The summed E-state index contributed by atoms with van der Waals surface area (Å²) in [4.78, 5) is 0. The fraction of sp³-hybridized carbons (Fsp3) is 0.571. The van der Waals surface area contributed by atoms with E-state index in [0.29, 0.717) is 11.5 Å². The highest BCUT2D eigenvalue weighted by Gasteiger charge is 2.44. The van der Waals surface area contributed by atoms with Crippen molar-refractivity contribution in [3.05, 3.63) is 35.6 Å². The largest absolute Gasteiger partial charge is 0.310 e. The maximum atomic E-state index is 12.8. The second-order valence-corrected chi connectivity index (χ2v) is 5.57. The Balaban J connectivity index is 1.84. The van der Waals surface area contributed by atoms with Gasteiger partial charge < -0.3 is 5.32 Å². The fourth-order valence-electron chi connectivity index (χ4n) is 2.11. The highest BCUT2D eigenvalue weighted by molar-refractivity contribution is 5.19. The zero-order chi connectivity index (χ0) is 11.8. The summed E-state index contributed by atoms with van der Waals surface area (Å²) in [5.74, 6) is 0.634. The van der Waals surface area contributed by atoms with E-state index < -0.39 is 0 Å². The summed E-state index contributed by atoms with van der Waals surface area (Å²) in [6.45, 7) is 7.80. The van der Waals surface area contributed by atoms with Crippen LogP contribution in [0.2, 0.25) is 0 Å². The minimum Gasteiger partial charge on any atom is -0.310 e. The zero-order valence-electron chi connectivity index (χ0n) is 10.3. The molecular formula is C14H20FN. The Labute approximate surface area is 97.1 Å². The molecule has 0 spiro atoms. The third-order valence-electron chi connectivity index (χ3n) is 3.76. The molecule has 0 aromatic heterocycles. The molecule has 1 fully saturated rings. The average molecular weight is 221 g/mol. The Morgan fingerprint density at radius 1 is 1.38 bits per heavy atom. The minimum absolute atomic E-state index is 0.167. The Morgan fingerprint density at radius 3 is 2.44 bits per heavy atom. The lowest BCUT2D eigenvalue weighted by Gasteiger charge is -2.14. The molecule has 1 aromatic rings. The maximum Gasteiger partial charge on any atom is 0.123 e. The van der Waals surface area contributed by atoms with Gasteiger partial charge in [0.25, 0.3) is 0 Å². The Kier molecular flexibility index (Phi) is 3.02. The van der Waals surface area contributed by atoms with Crippen molar-refractivity contribution in [2.75, 3.05) is 6.54 Å². The van der Waals surface area contributed by atoms with Crippen LogP contribution in [-0.4, -0.2) is 6.54 Å². The molecule has 1 N–H and O–H groups in total. The van der Waals surface area contributed by atoms with Gasteiger partial charge in [0.2, 0.25) is 0 Å². The van der Waals surface area contributed by atoms with E-state index >= 15 is 0 Å². The average Bonchev–Trinajstić information content (AvgIpc) is 2.84. The van der Waals surface area contributed by atoms with Crippen LogP contribution in [0.4, 0.5) is 4.39 Å². The minimum atomic E-state index is -0.167. The van der Waals surface area contributed by atoms with Gasteiger partial charge in [-0.1, -0.05) is 26.0 Å². The van der Waals surface area contributed by atoms with E-state index in [1.807, 2.05) is 12.1 Å². The van der Waals surface area contributed by atoms with Gasteiger partial charge in [0.15, 0.2) is 0 Å². The smallest absolute Gasteiger partial charge is 0.123 e. The molecule has 0 radical (unpaired) electrons. The number of rotatable bonds is 4. The monoisotopic (exact) mass is 221 g/mol. The van der Waals surface area contributed by atoms with E-state index in [2.05, 4.69) is 26.1 Å². The van der Waals surface area contributed by atoms with Crippen molar-refractivity contribution >= 4 is 0 Å². The second kappa shape index (κ2) is 4.17. The van der Waals surface area contributed by atoms with Crippen LogP contribution >= 0.6 is 0 Å². The lowest BCUT2D eigenvalue weighted by Crippen LogP contribution is -2.22. The molecule has 88 valence electrons. The van der Waals surface area contributed by atoms with Crippen molar-refractivity contribution in [3.63, 3.8) is 0 Å². The SMILES string of the molecule is CC(NCC1CC1(C)C)c1ccc(F)cc1. The van der Waals surface area contributed by atoms with Crippen molar-refractivity contribution in [2.24, 2.45) is 11.3 Å². The van der Waals surface area contributed by atoms with E-state index in [0.717, 1.165) is 18.0 Å². The van der Waals surface area contributed by atoms with Crippen LogP contribution < -0.4 is 5.32 Å². The molecule has 1 nitrogen and oxygen atoms in total. The van der Waals surface area contributed by atoms with Gasteiger partial charge in [0.1, 0.15) is 5.82 Å². The first kappa shape index (κ1) is 11.6. The summed E-state index contributed by atoms with van der Waals surface area (Å²) < 4.78 is 12.8. The van der Waals surface area contributed by atoms with E-state index in [9.17, 15) is 4.39 Å². The molecule has 0 saturated heterocycles. The topological polar surface area (TPSA) is 12.0 Å². The van der Waals surface area contributed by atoms with Crippen molar-refractivity contribution < 1.29 is 4.39 Å². The highest BCUT2D eigenvalue weighted by atomic mass is 19.1. The number of hydrogen-bond donors (Lipinski definition) is 1. The molecule has 2 heteroatoms. The van der Waals surface area contributed by atoms with Gasteiger partial charge in [0, 0.05) is 6.04 Å². The quantitative estimate of drug-likeness (QED) is 0.820. The van der Waals surface area contributed by atoms with Gasteiger partial charge >= 0.3 is 0 Å². The van der Waals surface area contributed by atoms with Crippen molar-refractivity contribution in [1.82, 2.24) is 5.32 Å². The van der Waals surface area contributed by atoms with E-state index in [1.54, 1.807) is 0 Å². The first-order valence-electron chi connectivity index (χ1n) is 5.98. The van der Waals surface area contributed by atoms with Crippen molar-refractivity contribution in [2.45, 2.75) is 33.2 Å². The van der Waals surface area contributed by atoms with Crippen LogP contribution in [0, 0.1) is 17.2 Å². The first-order chi connectivity index (χ1) is 7.49. The molecule has 0 bridgehead atoms. The number of hydrogen-bond acceptors (Lipinski definition) is 1. The molecule has 1 aromatic carbocycles. The van der Waals surface area contributed by atoms with Crippen molar-refractivity contribution in [3.8, 4) is 0 Å². The van der Waals surface area contributed by atoms with Crippen LogP contribution in [0.1, 0.15) is 38.8 Å². The highest BCUT2D eigenvalue weighted by Crippen LogP contribution is 2.51. The van der Waals surface area contributed by atoms with Gasteiger partial charge in [-0.25, -0.2) is 4.39 Å². The van der Waals surface area contributed by atoms with Crippen LogP contribution in [0.15, 0.2) is 24.3 Å². The van der Waals surface area contributed by atoms with E-state index in [1.165, 1.54) is 18.6 Å². The van der Waals surface area contributed by atoms with Gasteiger partial charge in [-0.15, -0.1) is 0 Å². The lowest BCUT2D eigenvalue weighted by atomic mass is 10.1. The summed E-state index contributed by atoms with van der Waals surface area (Å²) in [6, 6.07) is 7.05. The molecule has 2 unspecified atom stereocenters. The van der Waals surface area contributed by atoms with E-state index in [4.69, 9.17) is 0 Å². The lowest BCUT2D eigenvalue weighted by molar-refractivity contribution is 0.484. The molecule has 0 amide bonds. The van der Waals surface area contributed by atoms with Gasteiger partial charge in [0.05, 0.1) is 0 Å². The Hall–Kier alpha value is -0.890. The number of nitrogens with one attached hydrogen (secondary N) is 1. The molecule has 0 aliphatic heterocycles. The number of benzene rings is 1. The molecule has 0 heterocycles. The fourth-order valence-corrected chi connectivity index (χ4v) is 2.11. The molecule has 1 aliphatic carbocycles. The maximum absolute atomic E-state index is 12.8. The normalized spacial score (nSPS) is 24.1. The Morgan fingerprint density at radius 2 is 1.94 bits per heavy atom. The molecule has 2 rings (SSSR count). The van der Waals surface area contributed by atoms with Crippen molar-refractivity contribution in [1.29, 1.82) is 0 Å². The molecule has 2 atom stereocenters. The first-order valence-corrected chi connectivity index (χ1v) is 5.98. The summed E-state index contributed by atoms with van der Waals surface area (Å²) in [5.41, 5.74) is 1.68. The molecule has 1 saturated carbocycles. The molecule has 16 heavy (non-hydrogen) atoms. The van der Waals surface area contributed by atoms with Crippen LogP contribution in [-0.2, 0) is 0 Å². The third-order valence-corrected chi connectivity index (χ3v) is 3.76. The van der Waals surface area contributed by atoms with Gasteiger partial charge in [-0.3, -0.25) is 0 Å². The molecule has 1 aliphatic rings. The second-order valence-electron chi connectivity index (χ2n) is 5.57. The summed E-state index contributed by atoms with van der Waals surface area (Å²) in [5, 5.41) is 3.51. The van der Waals surface area contributed by atoms with Crippen LogP contribution in [0.25, 0.3) is 0 Å². The zero-order valence-corrected chi connectivity index (χ0v) is 10.3. The summed E-state index contributed by atoms with van der Waals surface area (Å²) in [6.07, 6.45) is 1.32. The summed E-state index contributed by atoms with van der Waals surface area (Å²) >= 11 is 0. The standard InChI is InChI=1S/C14H20FN/c1-10(11-4-6-13(15)7-5-11)16-9-12-8-14(12,2)3/h4-7,10,12,16H,8-9H2,1-3H3. The Bertz CT molecular complexity index is 356. The van der Waals surface area contributed by atoms with Gasteiger partial charge in [-0.05, 0) is 48.9 Å².